The number of halogens is 1. The molecule has 0 aromatic heterocycles. The predicted octanol–water partition coefficient (Wildman–Crippen LogP) is 3.38. The molecular formula is C18H19FN2O2. The summed E-state index contributed by atoms with van der Waals surface area (Å²) < 4.78 is 13.3. The van der Waals surface area contributed by atoms with Crippen molar-refractivity contribution < 1.29 is 9.31 Å². The van der Waals surface area contributed by atoms with Gasteiger partial charge < -0.3 is 0 Å². The van der Waals surface area contributed by atoms with E-state index in [0.717, 1.165) is 16.7 Å². The van der Waals surface area contributed by atoms with Gasteiger partial charge in [-0.25, -0.2) is 4.39 Å². The van der Waals surface area contributed by atoms with E-state index in [-0.39, 0.29) is 16.7 Å². The van der Waals surface area contributed by atoms with Gasteiger partial charge in [0.25, 0.3) is 0 Å². The third-order valence-electron chi connectivity index (χ3n) is 4.52. The maximum atomic E-state index is 13.3. The molecular weight excluding hydrogens is 295 g/mol. The number of benzene rings is 2. The van der Waals surface area contributed by atoms with Crippen molar-refractivity contribution in [1.82, 2.24) is 4.90 Å². The first-order chi connectivity index (χ1) is 11.0. The molecule has 23 heavy (non-hydrogen) atoms. The second-order valence-corrected chi connectivity index (χ2v) is 6.14. The van der Waals surface area contributed by atoms with E-state index in [4.69, 9.17) is 0 Å². The molecule has 0 amide bonds. The van der Waals surface area contributed by atoms with Crippen LogP contribution in [0.1, 0.15) is 22.6 Å². The Kier molecular flexibility index (Phi) is 4.39. The number of nitro groups is 1. The molecule has 2 aromatic carbocycles. The Morgan fingerprint density at radius 1 is 1.22 bits per heavy atom. The Bertz CT molecular complexity index is 705. The van der Waals surface area contributed by atoms with Gasteiger partial charge in [-0.15, -0.1) is 0 Å². The fourth-order valence-corrected chi connectivity index (χ4v) is 3.41. The highest BCUT2D eigenvalue weighted by Crippen LogP contribution is 2.32. The van der Waals surface area contributed by atoms with Crippen LogP contribution in [0.2, 0.25) is 0 Å². The largest absolute Gasteiger partial charge is 0.292 e. The van der Waals surface area contributed by atoms with E-state index < -0.39 is 6.04 Å². The van der Waals surface area contributed by atoms with Gasteiger partial charge in [0.15, 0.2) is 0 Å². The van der Waals surface area contributed by atoms with E-state index in [0.29, 0.717) is 19.6 Å². The van der Waals surface area contributed by atoms with Crippen molar-refractivity contribution in [2.75, 3.05) is 13.1 Å². The molecule has 0 saturated carbocycles. The van der Waals surface area contributed by atoms with Crippen LogP contribution in [0.4, 0.5) is 4.39 Å². The number of hydrogen-bond acceptors (Lipinski definition) is 3. The molecule has 0 bridgehead atoms. The van der Waals surface area contributed by atoms with Crippen LogP contribution in [0.15, 0.2) is 48.5 Å². The second-order valence-electron chi connectivity index (χ2n) is 6.14. The highest BCUT2D eigenvalue weighted by molar-refractivity contribution is 5.32. The highest BCUT2D eigenvalue weighted by Gasteiger charge is 2.42. The number of likely N-dealkylation sites (tertiary alicyclic amines) is 1. The van der Waals surface area contributed by atoms with Crippen molar-refractivity contribution in [3.63, 3.8) is 0 Å². The van der Waals surface area contributed by atoms with Crippen molar-refractivity contribution >= 4 is 0 Å². The zero-order chi connectivity index (χ0) is 16.4. The lowest BCUT2D eigenvalue weighted by molar-refractivity contribution is -0.521. The Labute approximate surface area is 134 Å². The van der Waals surface area contributed by atoms with Crippen LogP contribution >= 0.6 is 0 Å². The Morgan fingerprint density at radius 3 is 2.61 bits per heavy atom. The quantitative estimate of drug-likeness (QED) is 0.642. The Balaban J connectivity index is 1.83. The average molecular weight is 314 g/mol. The number of rotatable bonds is 4. The molecule has 0 radical (unpaired) electrons. The van der Waals surface area contributed by atoms with Crippen LogP contribution in [0, 0.1) is 22.9 Å². The minimum atomic E-state index is -0.650. The number of nitrogens with zero attached hydrogens (tertiary/aromatic N) is 2. The lowest BCUT2D eigenvalue weighted by Crippen LogP contribution is -2.28. The summed E-state index contributed by atoms with van der Waals surface area (Å²) in [5, 5.41) is 11.5. The molecule has 0 spiro atoms. The van der Waals surface area contributed by atoms with Crippen LogP contribution in [-0.4, -0.2) is 29.0 Å². The molecule has 2 aromatic rings. The summed E-state index contributed by atoms with van der Waals surface area (Å²) in [6.45, 7) is 3.55. The maximum absolute atomic E-state index is 13.3. The van der Waals surface area contributed by atoms with Crippen LogP contribution in [0.25, 0.3) is 0 Å². The molecule has 0 N–H and O–H groups in total. The lowest BCUT2D eigenvalue weighted by atomic mass is 9.91. The fraction of sp³-hybridized carbons (Fsp3) is 0.333. The van der Waals surface area contributed by atoms with Gasteiger partial charge in [-0.05, 0) is 35.7 Å². The molecule has 1 fully saturated rings. The Morgan fingerprint density at radius 2 is 1.96 bits per heavy atom. The zero-order valence-electron chi connectivity index (χ0n) is 13.0. The summed E-state index contributed by atoms with van der Waals surface area (Å²) in [6, 6.07) is 13.8. The first-order valence-electron chi connectivity index (χ1n) is 7.70. The summed E-state index contributed by atoms with van der Waals surface area (Å²) in [5.74, 6) is -0.502. The van der Waals surface area contributed by atoms with Crippen LogP contribution in [0.5, 0.6) is 0 Å². The molecule has 2 atom stereocenters. The first-order valence-corrected chi connectivity index (χ1v) is 7.70. The van der Waals surface area contributed by atoms with E-state index >= 15 is 0 Å². The van der Waals surface area contributed by atoms with Gasteiger partial charge in [0, 0.05) is 18.0 Å². The van der Waals surface area contributed by atoms with Crippen LogP contribution in [0.3, 0.4) is 0 Å². The Hall–Kier alpha value is -2.27. The van der Waals surface area contributed by atoms with Gasteiger partial charge in [-0.3, -0.25) is 15.0 Å². The molecule has 0 aliphatic carbocycles. The summed E-state index contributed by atoms with van der Waals surface area (Å²) in [7, 11) is 0. The van der Waals surface area contributed by atoms with Crippen molar-refractivity contribution in [3.8, 4) is 0 Å². The van der Waals surface area contributed by atoms with E-state index in [1.165, 1.54) is 12.1 Å². The van der Waals surface area contributed by atoms with Gasteiger partial charge in [-0.2, -0.15) is 0 Å². The van der Waals surface area contributed by atoms with Gasteiger partial charge in [-0.1, -0.05) is 36.4 Å². The predicted molar refractivity (Wildman–Crippen MR) is 86.4 cm³/mol. The first kappa shape index (κ1) is 15.6. The summed E-state index contributed by atoms with van der Waals surface area (Å²) in [6.07, 6.45) is 0. The topological polar surface area (TPSA) is 46.4 Å². The van der Waals surface area contributed by atoms with Gasteiger partial charge in [0.05, 0.1) is 12.5 Å². The minimum Gasteiger partial charge on any atom is -0.292 e. The molecule has 1 aliphatic heterocycles. The van der Waals surface area contributed by atoms with Crippen molar-refractivity contribution in [2.24, 2.45) is 0 Å². The molecule has 4 nitrogen and oxygen atoms in total. The zero-order valence-corrected chi connectivity index (χ0v) is 13.0. The van der Waals surface area contributed by atoms with Crippen molar-refractivity contribution in [2.45, 2.75) is 25.4 Å². The molecule has 3 rings (SSSR count). The maximum Gasteiger partial charge on any atom is 0.233 e. The van der Waals surface area contributed by atoms with E-state index in [2.05, 4.69) is 4.90 Å². The third-order valence-corrected chi connectivity index (χ3v) is 4.52. The summed E-state index contributed by atoms with van der Waals surface area (Å²) >= 11 is 0. The minimum absolute atomic E-state index is 0.196. The monoisotopic (exact) mass is 314 g/mol. The molecule has 1 aliphatic rings. The van der Waals surface area contributed by atoms with E-state index in [1.54, 1.807) is 6.07 Å². The van der Waals surface area contributed by atoms with Crippen molar-refractivity contribution in [3.05, 3.63) is 81.2 Å². The fourth-order valence-electron chi connectivity index (χ4n) is 3.41. The summed E-state index contributed by atoms with van der Waals surface area (Å²) in [5.41, 5.74) is 2.80. The number of aryl methyl sites for hydroxylation is 1. The van der Waals surface area contributed by atoms with Crippen molar-refractivity contribution in [1.29, 1.82) is 0 Å². The van der Waals surface area contributed by atoms with Gasteiger partial charge >= 0.3 is 0 Å². The number of hydrogen-bond donors (Lipinski definition) is 0. The normalized spacial score (nSPS) is 21.5. The average Bonchev–Trinajstić information content (AvgIpc) is 2.92. The molecule has 1 heterocycles. The third kappa shape index (κ3) is 3.40. The van der Waals surface area contributed by atoms with Crippen LogP contribution in [-0.2, 0) is 6.54 Å². The van der Waals surface area contributed by atoms with Crippen LogP contribution < -0.4 is 0 Å². The smallest absolute Gasteiger partial charge is 0.233 e. The summed E-state index contributed by atoms with van der Waals surface area (Å²) in [4.78, 5) is 13.4. The van der Waals surface area contributed by atoms with Gasteiger partial charge in [0.1, 0.15) is 5.82 Å². The standard InChI is InChI=1S/C18H19FN2O2/c1-13-9-15(19)7-8-16(13)17-11-20(12-18(17)21(22)23)10-14-5-3-2-4-6-14/h2-9,17-18H,10-12H2,1H3. The van der Waals surface area contributed by atoms with E-state index in [1.807, 2.05) is 37.3 Å². The molecule has 2 unspecified atom stereocenters. The molecule has 120 valence electrons. The van der Waals surface area contributed by atoms with Gasteiger partial charge in [0.2, 0.25) is 6.04 Å². The SMILES string of the molecule is Cc1cc(F)ccc1C1CN(Cc2ccccc2)CC1[N+](=O)[O-]. The van der Waals surface area contributed by atoms with E-state index in [9.17, 15) is 14.5 Å². The highest BCUT2D eigenvalue weighted by atomic mass is 19.1. The lowest BCUT2D eigenvalue weighted by Gasteiger charge is -2.16. The molecule has 1 saturated heterocycles. The second kappa shape index (κ2) is 6.46. The molecule has 5 heteroatoms.